The van der Waals surface area contributed by atoms with Crippen LogP contribution in [-0.2, 0) is 0 Å². The summed E-state index contributed by atoms with van der Waals surface area (Å²) in [7, 11) is 0. The maximum absolute atomic E-state index is 5.85. The zero-order chi connectivity index (χ0) is 10.4. The van der Waals surface area contributed by atoms with E-state index >= 15 is 0 Å². The highest BCUT2D eigenvalue weighted by molar-refractivity contribution is 8.06. The van der Waals surface area contributed by atoms with E-state index in [1.54, 1.807) is 11.8 Å². The van der Waals surface area contributed by atoms with Crippen LogP contribution >= 0.6 is 11.8 Å². The number of nitrogens with two attached hydrogens (primary N) is 1. The molecule has 0 unspecified atom stereocenters. The monoisotopic (exact) mass is 199 g/mol. The minimum Gasteiger partial charge on any atom is -0.401 e. The molecule has 1 nitrogen and oxygen atoms in total. The molecule has 2 heteroatoms. The molecule has 0 saturated carbocycles. The highest BCUT2D eigenvalue weighted by Gasteiger charge is 2.05. The Labute approximate surface area is 86.5 Å². The Morgan fingerprint density at radius 2 is 2.00 bits per heavy atom. The maximum atomic E-state index is 5.85. The average molecular weight is 199 g/mol. The molecule has 0 aromatic carbocycles. The molecule has 0 rings (SSSR count). The third-order valence-electron chi connectivity index (χ3n) is 1.96. The number of allylic oxidation sites excluding steroid dienone is 4. The maximum Gasteiger partial charge on any atom is 0.0175 e. The summed E-state index contributed by atoms with van der Waals surface area (Å²) in [6, 6.07) is 0. The van der Waals surface area contributed by atoms with E-state index < -0.39 is 0 Å². The van der Waals surface area contributed by atoms with Crippen molar-refractivity contribution in [3.05, 3.63) is 21.6 Å². The third kappa shape index (κ3) is 4.41. The Kier molecular flexibility index (Phi) is 5.97. The first-order valence-electron chi connectivity index (χ1n) is 4.82. The van der Waals surface area contributed by atoms with Crippen molar-refractivity contribution in [1.29, 1.82) is 0 Å². The quantitative estimate of drug-likeness (QED) is 0.743. The molecule has 0 aliphatic rings. The number of thioether (sulfide) groups is 1. The van der Waals surface area contributed by atoms with Crippen LogP contribution in [0.25, 0.3) is 0 Å². The molecule has 0 aliphatic carbocycles. The first kappa shape index (κ1) is 12.6. The van der Waals surface area contributed by atoms with Gasteiger partial charge in [-0.3, -0.25) is 0 Å². The Morgan fingerprint density at radius 1 is 1.46 bits per heavy atom. The molecule has 0 aliphatic heterocycles. The Morgan fingerprint density at radius 3 is 2.31 bits per heavy atom. The van der Waals surface area contributed by atoms with Gasteiger partial charge < -0.3 is 5.73 Å². The first-order valence-corrected chi connectivity index (χ1v) is 5.63. The van der Waals surface area contributed by atoms with E-state index in [4.69, 9.17) is 5.73 Å². The van der Waals surface area contributed by atoms with Gasteiger partial charge in [0.2, 0.25) is 0 Å². The molecule has 0 heterocycles. The van der Waals surface area contributed by atoms with Crippen molar-refractivity contribution in [3.8, 4) is 0 Å². The second kappa shape index (κ2) is 6.14. The van der Waals surface area contributed by atoms with E-state index in [0.717, 1.165) is 12.1 Å². The van der Waals surface area contributed by atoms with E-state index in [-0.39, 0.29) is 0 Å². The van der Waals surface area contributed by atoms with Crippen molar-refractivity contribution in [2.75, 3.05) is 0 Å². The molecule has 2 N–H and O–H groups in total. The molecular formula is C11H21NS. The van der Waals surface area contributed by atoms with Gasteiger partial charge in [0.15, 0.2) is 0 Å². The van der Waals surface area contributed by atoms with Crippen molar-refractivity contribution in [2.45, 2.75) is 41.0 Å². The summed E-state index contributed by atoms with van der Waals surface area (Å²) in [6.45, 7) is 10.7. The van der Waals surface area contributed by atoms with Gasteiger partial charge in [-0.05, 0) is 31.1 Å². The topological polar surface area (TPSA) is 26.0 Å². The lowest BCUT2D eigenvalue weighted by Crippen LogP contribution is -1.98. The largest absolute Gasteiger partial charge is 0.401 e. The fourth-order valence-electron chi connectivity index (χ4n) is 1.00. The fraction of sp³-hybridized carbons (Fsp3) is 0.636. The summed E-state index contributed by atoms with van der Waals surface area (Å²) >= 11 is 1.80. The highest BCUT2D eigenvalue weighted by atomic mass is 32.2. The number of rotatable bonds is 4. The number of hydrogen-bond donors (Lipinski definition) is 1. The molecule has 0 atom stereocenters. The van der Waals surface area contributed by atoms with Crippen LogP contribution in [0.5, 0.6) is 0 Å². The number of hydrogen-bond acceptors (Lipinski definition) is 2. The normalized spacial score (nSPS) is 14.8. The summed E-state index contributed by atoms with van der Waals surface area (Å²) < 4.78 is 0. The second-order valence-corrected chi connectivity index (χ2v) is 4.67. The smallest absolute Gasteiger partial charge is 0.0175 e. The van der Waals surface area contributed by atoms with E-state index in [9.17, 15) is 0 Å². The van der Waals surface area contributed by atoms with Gasteiger partial charge in [0, 0.05) is 10.6 Å². The van der Waals surface area contributed by atoms with Crippen molar-refractivity contribution in [2.24, 2.45) is 11.7 Å². The van der Waals surface area contributed by atoms with Gasteiger partial charge in [0.05, 0.1) is 0 Å². The van der Waals surface area contributed by atoms with Crippen molar-refractivity contribution >= 4 is 11.8 Å². The van der Waals surface area contributed by atoms with Crippen LogP contribution in [0, 0.1) is 5.92 Å². The van der Waals surface area contributed by atoms with Crippen molar-refractivity contribution in [3.63, 3.8) is 0 Å². The lowest BCUT2D eigenvalue weighted by molar-refractivity contribution is 0.815. The summed E-state index contributed by atoms with van der Waals surface area (Å²) in [5.74, 6) is 0.592. The van der Waals surface area contributed by atoms with E-state index in [1.807, 2.05) is 0 Å². The van der Waals surface area contributed by atoms with Crippen LogP contribution in [0.1, 0.15) is 41.0 Å². The summed E-state index contributed by atoms with van der Waals surface area (Å²) in [6.07, 6.45) is 3.11. The zero-order valence-electron chi connectivity index (χ0n) is 9.35. The Balaban J connectivity index is 4.43. The molecule has 0 aromatic rings. The SMILES string of the molecule is C/C=C(\S/C(C)=C(\N)CC)C(C)C. The molecule has 13 heavy (non-hydrogen) atoms. The molecule has 0 radical (unpaired) electrons. The first-order chi connectivity index (χ1) is 6.02. The molecule has 76 valence electrons. The standard InChI is InChI=1S/C11H21NS/c1-6-10(12)9(5)13-11(7-2)8(3)4/h7-8H,6,12H2,1-5H3/b10-9-,11-7-. The van der Waals surface area contributed by atoms with Crippen LogP contribution in [0.15, 0.2) is 21.6 Å². The van der Waals surface area contributed by atoms with E-state index in [0.29, 0.717) is 5.92 Å². The minimum atomic E-state index is 0.592. The average Bonchev–Trinajstić information content (AvgIpc) is 2.11. The zero-order valence-corrected chi connectivity index (χ0v) is 10.2. The summed E-state index contributed by atoms with van der Waals surface area (Å²) in [5.41, 5.74) is 6.86. The van der Waals surface area contributed by atoms with Gasteiger partial charge in [-0.1, -0.05) is 38.6 Å². The fourth-order valence-corrected chi connectivity index (χ4v) is 1.98. The van der Waals surface area contributed by atoms with E-state index in [1.165, 1.54) is 9.81 Å². The molecule has 0 saturated heterocycles. The molecule has 0 bridgehead atoms. The Hall–Kier alpha value is -0.370. The lowest BCUT2D eigenvalue weighted by Gasteiger charge is -2.12. The van der Waals surface area contributed by atoms with Crippen LogP contribution in [0.2, 0.25) is 0 Å². The van der Waals surface area contributed by atoms with Crippen LogP contribution in [0.4, 0.5) is 0 Å². The molecule has 0 spiro atoms. The minimum absolute atomic E-state index is 0.592. The van der Waals surface area contributed by atoms with Gasteiger partial charge in [0.25, 0.3) is 0 Å². The molecule has 0 fully saturated rings. The van der Waals surface area contributed by atoms with Crippen LogP contribution in [0.3, 0.4) is 0 Å². The second-order valence-electron chi connectivity index (χ2n) is 3.38. The van der Waals surface area contributed by atoms with Gasteiger partial charge in [-0.2, -0.15) is 0 Å². The van der Waals surface area contributed by atoms with Crippen molar-refractivity contribution < 1.29 is 0 Å². The van der Waals surface area contributed by atoms with E-state index in [2.05, 4.69) is 40.7 Å². The van der Waals surface area contributed by atoms with Gasteiger partial charge in [-0.15, -0.1) is 0 Å². The lowest BCUT2D eigenvalue weighted by atomic mass is 10.2. The summed E-state index contributed by atoms with van der Waals surface area (Å²) in [5, 5.41) is 0. The summed E-state index contributed by atoms with van der Waals surface area (Å²) in [4.78, 5) is 2.64. The van der Waals surface area contributed by atoms with Crippen LogP contribution in [-0.4, -0.2) is 0 Å². The molecular weight excluding hydrogens is 178 g/mol. The van der Waals surface area contributed by atoms with Gasteiger partial charge in [0.1, 0.15) is 0 Å². The third-order valence-corrected chi connectivity index (χ3v) is 3.47. The van der Waals surface area contributed by atoms with Gasteiger partial charge >= 0.3 is 0 Å². The molecule has 0 aromatic heterocycles. The Bertz CT molecular complexity index is 214. The van der Waals surface area contributed by atoms with Crippen LogP contribution < -0.4 is 5.73 Å². The molecule has 0 amide bonds. The van der Waals surface area contributed by atoms with Gasteiger partial charge in [-0.25, -0.2) is 0 Å². The van der Waals surface area contributed by atoms with Crippen molar-refractivity contribution in [1.82, 2.24) is 0 Å². The predicted molar refractivity (Wildman–Crippen MR) is 63.4 cm³/mol. The highest BCUT2D eigenvalue weighted by Crippen LogP contribution is 2.31. The predicted octanol–water partition coefficient (Wildman–Crippen LogP) is 3.88.